The van der Waals surface area contributed by atoms with Gasteiger partial charge in [-0.15, -0.1) is 0 Å². The van der Waals surface area contributed by atoms with Crippen LogP contribution < -0.4 is 10.6 Å². The van der Waals surface area contributed by atoms with Crippen LogP contribution in [-0.2, 0) is 13.0 Å². The fourth-order valence-corrected chi connectivity index (χ4v) is 5.44. The predicted octanol–water partition coefficient (Wildman–Crippen LogP) is 5.95. The molecule has 2 unspecified atom stereocenters. The van der Waals surface area contributed by atoms with E-state index >= 15 is 0 Å². The molecule has 0 spiro atoms. The van der Waals surface area contributed by atoms with Crippen molar-refractivity contribution < 1.29 is 9.18 Å². The van der Waals surface area contributed by atoms with Gasteiger partial charge in [-0.1, -0.05) is 36.4 Å². The van der Waals surface area contributed by atoms with Crippen molar-refractivity contribution in [3.8, 4) is 11.1 Å². The van der Waals surface area contributed by atoms with Crippen molar-refractivity contribution in [2.24, 2.45) is 0 Å². The van der Waals surface area contributed by atoms with Crippen LogP contribution in [0.4, 0.5) is 4.39 Å². The Morgan fingerprint density at radius 3 is 2.76 bits per heavy atom. The molecular weight excluding hydrogens is 413 g/mol. The molecule has 3 N–H and O–H groups in total. The molecule has 6 rings (SSSR count). The van der Waals surface area contributed by atoms with E-state index in [4.69, 9.17) is 0 Å². The third-order valence-electron chi connectivity index (χ3n) is 7.13. The monoisotopic (exact) mass is 439 g/mol. The van der Waals surface area contributed by atoms with Gasteiger partial charge in [-0.05, 0) is 78.3 Å². The molecule has 0 fully saturated rings. The first kappa shape index (κ1) is 20.2. The number of amides is 1. The number of carbonyl (C=O) groups is 1. The Hall–Kier alpha value is -3.44. The van der Waals surface area contributed by atoms with E-state index in [0.29, 0.717) is 6.54 Å². The second-order valence-electron chi connectivity index (χ2n) is 9.20. The zero-order valence-corrected chi connectivity index (χ0v) is 18.5. The van der Waals surface area contributed by atoms with Crippen molar-refractivity contribution in [3.05, 3.63) is 94.4 Å². The number of halogens is 1. The van der Waals surface area contributed by atoms with E-state index in [0.717, 1.165) is 41.5 Å². The van der Waals surface area contributed by atoms with Crippen molar-refractivity contribution in [2.75, 3.05) is 0 Å². The lowest BCUT2D eigenvalue weighted by Crippen LogP contribution is -2.27. The van der Waals surface area contributed by atoms with Gasteiger partial charge in [0.15, 0.2) is 0 Å². The Labute approximate surface area is 192 Å². The third kappa shape index (κ3) is 3.44. The minimum Gasteiger partial charge on any atom is -0.357 e. The van der Waals surface area contributed by atoms with E-state index in [2.05, 4.69) is 58.9 Å². The van der Waals surface area contributed by atoms with Crippen LogP contribution in [0.2, 0.25) is 0 Å². The number of hydrogen-bond acceptors (Lipinski definition) is 2. The molecule has 1 aliphatic carbocycles. The standard InChI is InChI=1S/C28H26FN3O/c1-16(17-6-3-2-4-7-17)31-25-9-5-8-21-22-13-18(10-11-24(22)32-27(21)25)19-12-20-15-30-28(33)26(20)23(29)14-19/h2-4,6-7,10-14,16,25,31-32H,5,8-9,15H2,1H3,(H,30,33). The van der Waals surface area contributed by atoms with Crippen LogP contribution in [0.15, 0.2) is 60.7 Å². The molecule has 2 aliphatic rings. The SMILES string of the molecule is CC(NC1CCCc2c1[nH]c1ccc(-c3cc(F)c4c(c3)CNC4=O)cc21)c1ccccc1. The zero-order chi connectivity index (χ0) is 22.5. The van der Waals surface area contributed by atoms with Crippen LogP contribution in [0.3, 0.4) is 0 Å². The van der Waals surface area contributed by atoms with Gasteiger partial charge in [-0.2, -0.15) is 0 Å². The average Bonchev–Trinajstić information content (AvgIpc) is 3.40. The van der Waals surface area contributed by atoms with Gasteiger partial charge in [-0.3, -0.25) is 4.79 Å². The molecule has 1 amide bonds. The molecule has 5 heteroatoms. The maximum absolute atomic E-state index is 14.7. The van der Waals surface area contributed by atoms with Gasteiger partial charge in [0, 0.05) is 35.2 Å². The van der Waals surface area contributed by atoms with Crippen LogP contribution in [0.5, 0.6) is 0 Å². The van der Waals surface area contributed by atoms with Gasteiger partial charge in [0.2, 0.25) is 0 Å². The summed E-state index contributed by atoms with van der Waals surface area (Å²) < 4.78 is 14.7. The summed E-state index contributed by atoms with van der Waals surface area (Å²) in [5.74, 6) is -0.777. The highest BCUT2D eigenvalue weighted by atomic mass is 19.1. The van der Waals surface area contributed by atoms with E-state index in [9.17, 15) is 9.18 Å². The Kier molecular flexibility index (Phi) is 4.80. The molecule has 166 valence electrons. The summed E-state index contributed by atoms with van der Waals surface area (Å²) in [6, 6.07) is 20.8. The van der Waals surface area contributed by atoms with Gasteiger partial charge in [0.05, 0.1) is 5.56 Å². The smallest absolute Gasteiger partial charge is 0.254 e. The van der Waals surface area contributed by atoms with Crippen molar-refractivity contribution in [3.63, 3.8) is 0 Å². The molecule has 4 aromatic rings. The molecule has 2 atom stereocenters. The van der Waals surface area contributed by atoms with E-state index in [1.165, 1.54) is 28.3 Å². The molecule has 0 saturated carbocycles. The van der Waals surface area contributed by atoms with Gasteiger partial charge >= 0.3 is 0 Å². The fourth-order valence-electron chi connectivity index (χ4n) is 5.44. The molecule has 0 saturated heterocycles. The largest absolute Gasteiger partial charge is 0.357 e. The number of H-pyrrole nitrogens is 1. The average molecular weight is 440 g/mol. The summed E-state index contributed by atoms with van der Waals surface area (Å²) in [6.07, 6.45) is 3.26. The van der Waals surface area contributed by atoms with Crippen molar-refractivity contribution in [1.29, 1.82) is 0 Å². The molecule has 0 bridgehead atoms. The van der Waals surface area contributed by atoms with Crippen molar-refractivity contribution in [2.45, 2.75) is 44.8 Å². The minimum atomic E-state index is -0.451. The van der Waals surface area contributed by atoms with Gasteiger partial charge < -0.3 is 15.6 Å². The second kappa shape index (κ2) is 7.85. The summed E-state index contributed by atoms with van der Waals surface area (Å²) in [5, 5.41) is 7.74. The highest BCUT2D eigenvalue weighted by Gasteiger charge is 2.27. The number of aryl methyl sites for hydroxylation is 1. The number of benzene rings is 3. The molecule has 0 radical (unpaired) electrons. The molecule has 33 heavy (non-hydrogen) atoms. The second-order valence-corrected chi connectivity index (χ2v) is 9.20. The first-order valence-corrected chi connectivity index (χ1v) is 11.6. The first-order valence-electron chi connectivity index (χ1n) is 11.6. The summed E-state index contributed by atoms with van der Waals surface area (Å²) in [5.41, 5.74) is 7.71. The van der Waals surface area contributed by atoms with Crippen LogP contribution >= 0.6 is 0 Å². The number of nitrogens with one attached hydrogen (secondary N) is 3. The first-order chi connectivity index (χ1) is 16.1. The Bertz CT molecular complexity index is 1380. The molecule has 2 heterocycles. The quantitative estimate of drug-likeness (QED) is 0.368. The lowest BCUT2D eigenvalue weighted by Gasteiger charge is -2.27. The van der Waals surface area contributed by atoms with Gasteiger partial charge in [0.1, 0.15) is 5.82 Å². The summed E-state index contributed by atoms with van der Waals surface area (Å²) in [7, 11) is 0. The number of aromatic amines is 1. The molecule has 1 aliphatic heterocycles. The van der Waals surface area contributed by atoms with Crippen LogP contribution in [0, 0.1) is 5.82 Å². The number of aromatic nitrogens is 1. The highest BCUT2D eigenvalue weighted by Crippen LogP contribution is 2.38. The number of carbonyl (C=O) groups excluding carboxylic acids is 1. The van der Waals surface area contributed by atoms with E-state index in [1.807, 2.05) is 18.2 Å². The lowest BCUT2D eigenvalue weighted by molar-refractivity contribution is 0.0962. The highest BCUT2D eigenvalue weighted by molar-refractivity contribution is 5.99. The maximum atomic E-state index is 14.7. The van der Waals surface area contributed by atoms with Crippen molar-refractivity contribution in [1.82, 2.24) is 15.6 Å². The maximum Gasteiger partial charge on any atom is 0.254 e. The normalized spacial score (nSPS) is 18.1. The molecule has 1 aromatic heterocycles. The van der Waals surface area contributed by atoms with Crippen LogP contribution in [0.25, 0.3) is 22.0 Å². The van der Waals surface area contributed by atoms with E-state index < -0.39 is 5.82 Å². The summed E-state index contributed by atoms with van der Waals surface area (Å²) >= 11 is 0. The van der Waals surface area contributed by atoms with E-state index in [1.54, 1.807) is 0 Å². The lowest BCUT2D eigenvalue weighted by atomic mass is 9.90. The third-order valence-corrected chi connectivity index (χ3v) is 7.13. The topological polar surface area (TPSA) is 56.9 Å². The minimum absolute atomic E-state index is 0.181. The summed E-state index contributed by atoms with van der Waals surface area (Å²) in [4.78, 5) is 15.5. The zero-order valence-electron chi connectivity index (χ0n) is 18.5. The summed E-state index contributed by atoms with van der Waals surface area (Å²) in [6.45, 7) is 2.60. The van der Waals surface area contributed by atoms with Gasteiger partial charge in [0.25, 0.3) is 5.91 Å². The predicted molar refractivity (Wildman–Crippen MR) is 129 cm³/mol. The number of rotatable bonds is 4. The Balaban J connectivity index is 1.36. The molecule has 3 aromatic carbocycles. The fraction of sp³-hybridized carbons (Fsp3) is 0.250. The molecule has 4 nitrogen and oxygen atoms in total. The Morgan fingerprint density at radius 2 is 1.91 bits per heavy atom. The van der Waals surface area contributed by atoms with E-state index in [-0.39, 0.29) is 23.6 Å². The van der Waals surface area contributed by atoms with Gasteiger partial charge in [-0.25, -0.2) is 4.39 Å². The van der Waals surface area contributed by atoms with Crippen molar-refractivity contribution >= 4 is 16.8 Å². The van der Waals surface area contributed by atoms with Crippen LogP contribution in [0.1, 0.15) is 64.6 Å². The Morgan fingerprint density at radius 1 is 1.06 bits per heavy atom. The van der Waals surface area contributed by atoms with Crippen LogP contribution in [-0.4, -0.2) is 10.9 Å². The number of hydrogen-bond donors (Lipinski definition) is 3. The molecular formula is C28H26FN3O. The number of fused-ring (bicyclic) bond motifs is 4.